The first-order chi connectivity index (χ1) is 22.5. The van der Waals surface area contributed by atoms with Crippen LogP contribution in [0.25, 0.3) is 0 Å². The number of carbonyl (C=O) groups excluding carboxylic acids is 2. The number of halogens is 1. The summed E-state index contributed by atoms with van der Waals surface area (Å²) in [5.41, 5.74) is 2.81. The lowest BCUT2D eigenvalue weighted by atomic mass is 9.68. The first-order valence-electron chi connectivity index (χ1n) is 16.7. The topological polar surface area (TPSA) is 108 Å². The summed E-state index contributed by atoms with van der Waals surface area (Å²) in [5, 5.41) is 0.713. The van der Waals surface area contributed by atoms with E-state index in [4.69, 9.17) is 21.1 Å². The van der Waals surface area contributed by atoms with Gasteiger partial charge in [-0.15, -0.1) is 0 Å². The van der Waals surface area contributed by atoms with Gasteiger partial charge >= 0.3 is 6.09 Å². The Bertz CT molecular complexity index is 1700. The zero-order chi connectivity index (χ0) is 32.9. The molecule has 12 heteroatoms. The quantitative estimate of drug-likeness (QED) is 0.430. The van der Waals surface area contributed by atoms with Gasteiger partial charge in [0, 0.05) is 50.1 Å². The van der Waals surface area contributed by atoms with E-state index in [2.05, 4.69) is 21.8 Å². The Balaban J connectivity index is 1.31. The molecule has 3 heterocycles. The Morgan fingerprint density at radius 2 is 1.98 bits per heavy atom. The fourth-order valence-electron chi connectivity index (χ4n) is 8.22. The molecule has 47 heavy (non-hydrogen) atoms. The largest absolute Gasteiger partial charge is 0.490 e. The van der Waals surface area contributed by atoms with Crippen molar-refractivity contribution in [3.63, 3.8) is 0 Å². The highest BCUT2D eigenvalue weighted by molar-refractivity contribution is 7.90. The summed E-state index contributed by atoms with van der Waals surface area (Å²) in [4.78, 5) is 32.0. The SMILES string of the molecule is CN(C)C(=O)O[C@H]1C=CCN2CCC[C@H]2C(=O)NS(=O)(=O)c2ccc3c(c2)N(C[C@@H]2CC[C@H]21)C[C@@]1(CCCc2cc(Cl)ccc21)CO3. The van der Waals surface area contributed by atoms with Crippen LogP contribution in [0.3, 0.4) is 0 Å². The first-order valence-corrected chi connectivity index (χ1v) is 18.6. The average molecular weight is 683 g/mol. The summed E-state index contributed by atoms with van der Waals surface area (Å²) in [6.07, 6.45) is 9.21. The van der Waals surface area contributed by atoms with Crippen molar-refractivity contribution in [3.05, 3.63) is 64.7 Å². The summed E-state index contributed by atoms with van der Waals surface area (Å²) in [5.74, 6) is 0.372. The molecule has 0 radical (unpaired) electrons. The lowest BCUT2D eigenvalue weighted by molar-refractivity contribution is -0.123. The molecule has 1 saturated carbocycles. The molecule has 252 valence electrons. The van der Waals surface area contributed by atoms with Gasteiger partial charge in [0.1, 0.15) is 11.9 Å². The van der Waals surface area contributed by atoms with Crippen LogP contribution in [-0.4, -0.2) is 89.2 Å². The van der Waals surface area contributed by atoms with Crippen LogP contribution >= 0.6 is 11.6 Å². The van der Waals surface area contributed by atoms with Crippen LogP contribution in [0.2, 0.25) is 5.02 Å². The van der Waals surface area contributed by atoms with E-state index in [0.29, 0.717) is 55.7 Å². The highest BCUT2D eigenvalue weighted by Crippen LogP contribution is 2.47. The number of rotatable bonds is 1. The van der Waals surface area contributed by atoms with Gasteiger partial charge in [-0.3, -0.25) is 9.69 Å². The van der Waals surface area contributed by atoms with Gasteiger partial charge in [0.2, 0.25) is 0 Å². The predicted molar refractivity (Wildman–Crippen MR) is 179 cm³/mol. The Hall–Kier alpha value is -3.28. The van der Waals surface area contributed by atoms with E-state index in [9.17, 15) is 18.0 Å². The molecule has 3 aliphatic heterocycles. The molecule has 1 N–H and O–H groups in total. The van der Waals surface area contributed by atoms with Crippen molar-refractivity contribution in [2.75, 3.05) is 51.8 Å². The van der Waals surface area contributed by atoms with Gasteiger partial charge in [0.25, 0.3) is 15.9 Å². The molecule has 5 aliphatic rings. The number of hydrogen-bond acceptors (Lipinski definition) is 8. The van der Waals surface area contributed by atoms with Gasteiger partial charge in [-0.1, -0.05) is 23.7 Å². The number of nitrogens with zero attached hydrogens (tertiary/aromatic N) is 3. The second kappa shape index (κ2) is 12.6. The van der Waals surface area contributed by atoms with E-state index in [1.807, 2.05) is 23.1 Å². The Kier molecular flexibility index (Phi) is 8.68. The minimum atomic E-state index is -4.14. The van der Waals surface area contributed by atoms with E-state index in [1.54, 1.807) is 26.2 Å². The highest BCUT2D eigenvalue weighted by Gasteiger charge is 2.45. The van der Waals surface area contributed by atoms with Gasteiger partial charge in [-0.05, 0) is 105 Å². The molecule has 2 aromatic rings. The lowest BCUT2D eigenvalue weighted by Gasteiger charge is -2.46. The number of ether oxygens (including phenoxy) is 2. The second-order valence-corrected chi connectivity index (χ2v) is 16.1. The van der Waals surface area contributed by atoms with Crippen molar-refractivity contribution >= 4 is 39.3 Å². The van der Waals surface area contributed by atoms with E-state index < -0.39 is 34.2 Å². The molecular formula is C35H43ClN4O6S. The maximum absolute atomic E-state index is 13.7. The smallest absolute Gasteiger partial charge is 0.409 e. The average Bonchev–Trinajstić information content (AvgIpc) is 3.43. The molecule has 1 spiro atoms. The zero-order valence-electron chi connectivity index (χ0n) is 27.0. The number of aryl methyl sites for hydroxylation is 1. The molecular weight excluding hydrogens is 640 g/mol. The number of amides is 2. The van der Waals surface area contributed by atoms with Crippen molar-refractivity contribution in [1.29, 1.82) is 0 Å². The third-order valence-corrected chi connectivity index (χ3v) is 12.4. The van der Waals surface area contributed by atoms with Crippen LogP contribution in [0, 0.1) is 11.8 Å². The van der Waals surface area contributed by atoms with E-state index in [0.717, 1.165) is 38.5 Å². The Labute approximate surface area is 282 Å². The van der Waals surface area contributed by atoms with Crippen LogP contribution in [0.1, 0.15) is 49.7 Å². The number of fused-ring (bicyclic) bond motifs is 5. The van der Waals surface area contributed by atoms with Gasteiger partial charge < -0.3 is 19.3 Å². The van der Waals surface area contributed by atoms with Crippen molar-refractivity contribution in [2.24, 2.45) is 11.8 Å². The van der Waals surface area contributed by atoms with Crippen molar-refractivity contribution in [2.45, 2.75) is 67.4 Å². The number of anilines is 1. The van der Waals surface area contributed by atoms with Gasteiger partial charge in [-0.2, -0.15) is 0 Å². The molecule has 2 amide bonds. The Morgan fingerprint density at radius 3 is 2.77 bits per heavy atom. The van der Waals surface area contributed by atoms with Crippen molar-refractivity contribution in [1.82, 2.24) is 14.5 Å². The van der Waals surface area contributed by atoms with Gasteiger partial charge in [0.15, 0.2) is 0 Å². The Morgan fingerprint density at radius 1 is 1.13 bits per heavy atom. The molecule has 5 atom stereocenters. The molecule has 2 bridgehead atoms. The summed E-state index contributed by atoms with van der Waals surface area (Å²) < 4.78 is 42.4. The zero-order valence-corrected chi connectivity index (χ0v) is 28.6. The number of carbonyl (C=O) groups is 2. The number of nitrogens with one attached hydrogen (secondary N) is 1. The van der Waals surface area contributed by atoms with Crippen LogP contribution < -0.4 is 14.4 Å². The maximum Gasteiger partial charge on any atom is 0.409 e. The predicted octanol–water partition coefficient (Wildman–Crippen LogP) is 4.75. The van der Waals surface area contributed by atoms with Crippen molar-refractivity contribution < 1.29 is 27.5 Å². The molecule has 7 rings (SSSR count). The fraction of sp³-hybridized carbons (Fsp3) is 0.543. The van der Waals surface area contributed by atoms with Gasteiger partial charge in [-0.25, -0.2) is 17.9 Å². The maximum atomic E-state index is 13.7. The van der Waals surface area contributed by atoms with Crippen LogP contribution in [0.15, 0.2) is 53.4 Å². The summed E-state index contributed by atoms with van der Waals surface area (Å²) >= 11 is 6.42. The third kappa shape index (κ3) is 6.22. The summed E-state index contributed by atoms with van der Waals surface area (Å²) in [7, 11) is -0.777. The molecule has 0 unspecified atom stereocenters. The molecule has 1 saturated heterocycles. The number of hydrogen-bond donors (Lipinski definition) is 1. The molecule has 0 aromatic heterocycles. The summed E-state index contributed by atoms with van der Waals surface area (Å²) in [6, 6.07) is 10.5. The van der Waals surface area contributed by atoms with Crippen LogP contribution in [0.4, 0.5) is 10.5 Å². The van der Waals surface area contributed by atoms with Gasteiger partial charge in [0.05, 0.1) is 23.2 Å². The highest BCUT2D eigenvalue weighted by atomic mass is 35.5. The standard InChI is InChI=1S/C35H43ClN4O6S/c1-38(2)34(42)46-31-8-5-17-39-16-4-7-29(39)33(41)37-47(43,44)26-11-14-32-30(19-26)40(20-24-9-12-27(24)31)21-35(22-45-32)15-3-6-23-18-25(36)10-13-28(23)35/h5,8,10-11,13-14,18-19,24,27,29,31H,3-4,6-7,9,12,15-17,20-22H2,1-2H3,(H,37,41)/t24-,27+,29-,31-,35-/m0/s1. The molecule has 2 fully saturated rings. The minimum absolute atomic E-state index is 0.0319. The van der Waals surface area contributed by atoms with Crippen LogP contribution in [0.5, 0.6) is 5.75 Å². The number of benzene rings is 2. The third-order valence-electron chi connectivity index (χ3n) is 10.8. The fourth-order valence-corrected chi connectivity index (χ4v) is 9.45. The molecule has 2 aliphatic carbocycles. The summed E-state index contributed by atoms with van der Waals surface area (Å²) in [6.45, 7) is 2.85. The minimum Gasteiger partial charge on any atom is -0.490 e. The van der Waals surface area contributed by atoms with E-state index >= 15 is 0 Å². The van der Waals surface area contributed by atoms with Crippen LogP contribution in [-0.2, 0) is 31.4 Å². The molecule has 2 aromatic carbocycles. The lowest BCUT2D eigenvalue weighted by Crippen LogP contribution is -2.50. The van der Waals surface area contributed by atoms with E-state index in [1.165, 1.54) is 22.1 Å². The van der Waals surface area contributed by atoms with Crippen molar-refractivity contribution in [3.8, 4) is 5.75 Å². The first kappa shape index (κ1) is 32.3. The normalized spacial score (nSPS) is 30.1. The molecule has 10 nitrogen and oxygen atoms in total. The number of sulfonamides is 1. The van der Waals surface area contributed by atoms with E-state index in [-0.39, 0.29) is 22.1 Å². The second-order valence-electron chi connectivity index (χ2n) is 14.0. The monoisotopic (exact) mass is 682 g/mol.